The van der Waals surface area contributed by atoms with E-state index in [2.05, 4.69) is 10.3 Å². The molecule has 1 aromatic rings. The number of anilines is 2. The molecule has 0 aliphatic heterocycles. The minimum Gasteiger partial charge on any atom is -0.368 e. The van der Waals surface area contributed by atoms with Gasteiger partial charge in [0.15, 0.2) is 23.3 Å². The summed E-state index contributed by atoms with van der Waals surface area (Å²) in [6.45, 7) is 7.69. The lowest BCUT2D eigenvalue weighted by molar-refractivity contribution is 0.370. The number of likely N-dealkylation sites (N-methyl/N-ethyl adjacent to an activating group) is 2. The molecular formula is C14H24F2N4. The minimum absolute atomic E-state index is 0.0805. The smallest absolute Gasteiger partial charge is 0.168 e. The topological polar surface area (TPSA) is 31.4 Å². The summed E-state index contributed by atoms with van der Waals surface area (Å²) in [5, 5.41) is 2.81. The molecule has 0 amide bonds. The number of nitrogens with zero attached hydrogens (tertiary/aromatic N) is 3. The highest BCUT2D eigenvalue weighted by Crippen LogP contribution is 2.24. The number of aromatic nitrogens is 1. The van der Waals surface area contributed by atoms with Crippen LogP contribution in [-0.4, -0.2) is 49.7 Å². The van der Waals surface area contributed by atoms with Crippen LogP contribution in [0, 0.1) is 11.6 Å². The average molecular weight is 286 g/mol. The van der Waals surface area contributed by atoms with Crippen molar-refractivity contribution in [3.8, 4) is 0 Å². The second-order valence-electron chi connectivity index (χ2n) is 5.05. The normalized spacial score (nSPS) is 12.6. The van der Waals surface area contributed by atoms with Gasteiger partial charge < -0.3 is 15.1 Å². The van der Waals surface area contributed by atoms with Crippen LogP contribution >= 0.6 is 0 Å². The molecule has 0 spiro atoms. The van der Waals surface area contributed by atoms with Crippen molar-refractivity contribution in [1.82, 2.24) is 9.88 Å². The highest BCUT2D eigenvalue weighted by atomic mass is 19.1. The van der Waals surface area contributed by atoms with Crippen LogP contribution in [0.25, 0.3) is 0 Å². The molecule has 6 heteroatoms. The van der Waals surface area contributed by atoms with Crippen LogP contribution in [0.4, 0.5) is 20.4 Å². The van der Waals surface area contributed by atoms with Crippen molar-refractivity contribution in [3.63, 3.8) is 0 Å². The third-order valence-corrected chi connectivity index (χ3v) is 3.03. The fourth-order valence-electron chi connectivity index (χ4n) is 2.25. The molecule has 114 valence electrons. The summed E-state index contributed by atoms with van der Waals surface area (Å²) in [7, 11) is 3.92. The van der Waals surface area contributed by atoms with Gasteiger partial charge in [0.05, 0.1) is 0 Å². The van der Waals surface area contributed by atoms with Crippen LogP contribution in [0.1, 0.15) is 20.8 Å². The number of hydrogen-bond acceptors (Lipinski definition) is 4. The van der Waals surface area contributed by atoms with E-state index in [1.165, 1.54) is 0 Å². The van der Waals surface area contributed by atoms with E-state index in [1.807, 2.05) is 44.7 Å². The van der Waals surface area contributed by atoms with E-state index in [0.717, 1.165) is 12.6 Å². The molecule has 1 atom stereocenters. The Hall–Kier alpha value is -1.43. The molecule has 4 nitrogen and oxygen atoms in total. The molecule has 0 aliphatic carbocycles. The Morgan fingerprint density at radius 3 is 2.40 bits per heavy atom. The van der Waals surface area contributed by atoms with Gasteiger partial charge in [-0.1, -0.05) is 0 Å². The first kappa shape index (κ1) is 16.6. The van der Waals surface area contributed by atoms with Gasteiger partial charge in [-0.05, 0) is 34.9 Å². The lowest BCUT2D eigenvalue weighted by atomic mass is 10.2. The largest absolute Gasteiger partial charge is 0.368 e. The van der Waals surface area contributed by atoms with Crippen LogP contribution in [0.15, 0.2) is 6.07 Å². The monoisotopic (exact) mass is 286 g/mol. The fraction of sp³-hybridized carbons (Fsp3) is 0.643. The van der Waals surface area contributed by atoms with E-state index in [0.29, 0.717) is 13.1 Å². The third-order valence-electron chi connectivity index (χ3n) is 3.03. The SMILES string of the molecule is CCNc1nc(N(CC)C(C)CN(C)C)c(F)cc1F. The fourth-order valence-corrected chi connectivity index (χ4v) is 2.25. The molecule has 0 aliphatic rings. The second-order valence-corrected chi connectivity index (χ2v) is 5.05. The maximum Gasteiger partial charge on any atom is 0.168 e. The lowest BCUT2D eigenvalue weighted by Gasteiger charge is -2.31. The van der Waals surface area contributed by atoms with Gasteiger partial charge in [-0.3, -0.25) is 0 Å². The quantitative estimate of drug-likeness (QED) is 0.835. The number of pyridine rings is 1. The summed E-state index contributed by atoms with van der Waals surface area (Å²) in [6.07, 6.45) is 0. The number of rotatable bonds is 7. The number of nitrogens with one attached hydrogen (secondary N) is 1. The zero-order valence-corrected chi connectivity index (χ0v) is 12.9. The van der Waals surface area contributed by atoms with E-state index in [9.17, 15) is 8.78 Å². The van der Waals surface area contributed by atoms with E-state index >= 15 is 0 Å². The van der Waals surface area contributed by atoms with Crippen molar-refractivity contribution in [2.75, 3.05) is 43.9 Å². The zero-order chi connectivity index (χ0) is 15.3. The zero-order valence-electron chi connectivity index (χ0n) is 12.9. The van der Waals surface area contributed by atoms with Crippen molar-refractivity contribution >= 4 is 11.6 Å². The Morgan fingerprint density at radius 1 is 1.25 bits per heavy atom. The Kier molecular flexibility index (Phi) is 6.13. The summed E-state index contributed by atoms with van der Waals surface area (Å²) >= 11 is 0. The summed E-state index contributed by atoms with van der Waals surface area (Å²) in [5.74, 6) is -1.00. The van der Waals surface area contributed by atoms with Crippen LogP contribution in [0.2, 0.25) is 0 Å². The van der Waals surface area contributed by atoms with Gasteiger partial charge in [0.2, 0.25) is 0 Å². The van der Waals surface area contributed by atoms with Crippen molar-refractivity contribution in [3.05, 3.63) is 17.7 Å². The second kappa shape index (κ2) is 7.38. The molecule has 0 aromatic carbocycles. The van der Waals surface area contributed by atoms with Crippen LogP contribution in [0.5, 0.6) is 0 Å². The Balaban J connectivity index is 3.10. The molecule has 1 rings (SSSR count). The Labute approximate surface area is 119 Å². The van der Waals surface area contributed by atoms with Gasteiger partial charge in [0, 0.05) is 31.7 Å². The highest BCUT2D eigenvalue weighted by Gasteiger charge is 2.21. The van der Waals surface area contributed by atoms with Crippen molar-refractivity contribution in [2.45, 2.75) is 26.8 Å². The predicted octanol–water partition coefficient (Wildman–Crippen LogP) is 2.57. The van der Waals surface area contributed by atoms with Crippen LogP contribution in [0.3, 0.4) is 0 Å². The van der Waals surface area contributed by atoms with Crippen LogP contribution < -0.4 is 10.2 Å². The molecular weight excluding hydrogens is 262 g/mol. The number of halogens is 2. The Morgan fingerprint density at radius 2 is 1.90 bits per heavy atom. The molecule has 0 radical (unpaired) electrons. The van der Waals surface area contributed by atoms with Gasteiger partial charge in [-0.15, -0.1) is 0 Å². The standard InChI is InChI=1S/C14H24F2N4/c1-6-17-13-11(15)8-12(16)14(18-13)20(7-2)10(3)9-19(4)5/h8,10H,6-7,9H2,1-5H3,(H,17,18). The first-order chi connectivity index (χ1) is 9.40. The highest BCUT2D eigenvalue weighted by molar-refractivity contribution is 5.49. The molecule has 1 aromatic heterocycles. The van der Waals surface area contributed by atoms with Crippen molar-refractivity contribution < 1.29 is 8.78 Å². The van der Waals surface area contributed by atoms with E-state index in [4.69, 9.17) is 0 Å². The average Bonchev–Trinajstić information content (AvgIpc) is 2.34. The van der Waals surface area contributed by atoms with Crippen molar-refractivity contribution in [2.24, 2.45) is 0 Å². The maximum atomic E-state index is 14.0. The van der Waals surface area contributed by atoms with E-state index in [1.54, 1.807) is 0 Å². The summed E-state index contributed by atoms with van der Waals surface area (Å²) in [5.41, 5.74) is 0. The van der Waals surface area contributed by atoms with Gasteiger partial charge in [-0.2, -0.15) is 0 Å². The summed E-state index contributed by atoms with van der Waals surface area (Å²) < 4.78 is 27.6. The molecule has 20 heavy (non-hydrogen) atoms. The van der Waals surface area contributed by atoms with Gasteiger partial charge in [0.25, 0.3) is 0 Å². The predicted molar refractivity (Wildman–Crippen MR) is 79.4 cm³/mol. The molecule has 0 bridgehead atoms. The third kappa shape index (κ3) is 4.03. The van der Waals surface area contributed by atoms with Crippen molar-refractivity contribution in [1.29, 1.82) is 0 Å². The molecule has 1 heterocycles. The Bertz CT molecular complexity index is 437. The molecule has 0 saturated heterocycles. The van der Waals surface area contributed by atoms with E-state index < -0.39 is 11.6 Å². The first-order valence-electron chi connectivity index (χ1n) is 6.91. The van der Waals surface area contributed by atoms with Crippen LogP contribution in [-0.2, 0) is 0 Å². The maximum absolute atomic E-state index is 14.0. The molecule has 1 unspecified atom stereocenters. The first-order valence-corrected chi connectivity index (χ1v) is 6.91. The summed E-state index contributed by atoms with van der Waals surface area (Å²) in [6, 6.07) is 0.975. The van der Waals surface area contributed by atoms with Gasteiger partial charge in [0.1, 0.15) is 0 Å². The summed E-state index contributed by atoms with van der Waals surface area (Å²) in [4.78, 5) is 7.98. The van der Waals surface area contributed by atoms with Gasteiger partial charge >= 0.3 is 0 Å². The lowest BCUT2D eigenvalue weighted by Crippen LogP contribution is -2.41. The molecule has 0 saturated carbocycles. The molecule has 0 fully saturated rings. The minimum atomic E-state index is -0.663. The number of hydrogen-bond donors (Lipinski definition) is 1. The van der Waals surface area contributed by atoms with Gasteiger partial charge in [-0.25, -0.2) is 13.8 Å². The van der Waals surface area contributed by atoms with E-state index in [-0.39, 0.29) is 17.7 Å². The molecule has 1 N–H and O–H groups in total.